The first-order valence-electron chi connectivity index (χ1n) is 6.14. The maximum atomic E-state index is 12.2. The lowest BCUT2D eigenvalue weighted by atomic mass is 10.0. The molecule has 0 unspecified atom stereocenters. The molecule has 0 atom stereocenters. The lowest BCUT2D eigenvalue weighted by Crippen LogP contribution is -2.21. The minimum atomic E-state index is -3.56. The third-order valence-electron chi connectivity index (χ3n) is 2.98. The van der Waals surface area contributed by atoms with Crippen LogP contribution in [0.5, 0.6) is 0 Å². The fourth-order valence-electron chi connectivity index (χ4n) is 1.92. The summed E-state index contributed by atoms with van der Waals surface area (Å²) in [6.45, 7) is 0. The highest BCUT2D eigenvalue weighted by molar-refractivity contribution is 7.89. The first-order valence-corrected chi connectivity index (χ1v) is 7.62. The minimum Gasteiger partial charge on any atom is -0.294 e. The van der Waals surface area contributed by atoms with Crippen molar-refractivity contribution in [2.75, 3.05) is 7.05 Å². The summed E-state index contributed by atoms with van der Waals surface area (Å²) in [4.78, 5) is 12.3. The Bertz CT molecular complexity index is 709. The molecule has 1 N–H and O–H groups in total. The number of Topliss-reactive ketones (excluding diaryl/α,β-unsaturated/α-hetero) is 1. The summed E-state index contributed by atoms with van der Waals surface area (Å²) in [7, 11) is -2.21. The first-order chi connectivity index (χ1) is 9.54. The molecule has 0 fully saturated rings. The Labute approximate surface area is 118 Å². The van der Waals surface area contributed by atoms with E-state index in [0.717, 1.165) is 0 Å². The van der Waals surface area contributed by atoms with E-state index in [2.05, 4.69) is 4.72 Å². The average molecular weight is 289 g/mol. The second-order valence-corrected chi connectivity index (χ2v) is 6.14. The number of rotatable bonds is 5. The van der Waals surface area contributed by atoms with Crippen LogP contribution in [0.2, 0.25) is 0 Å². The molecule has 104 valence electrons. The van der Waals surface area contributed by atoms with Crippen LogP contribution in [0.15, 0.2) is 59.5 Å². The van der Waals surface area contributed by atoms with Gasteiger partial charge < -0.3 is 0 Å². The van der Waals surface area contributed by atoms with E-state index < -0.39 is 10.0 Å². The van der Waals surface area contributed by atoms with E-state index in [4.69, 9.17) is 0 Å². The van der Waals surface area contributed by atoms with Crippen molar-refractivity contribution in [1.82, 2.24) is 4.72 Å². The van der Waals surface area contributed by atoms with Gasteiger partial charge >= 0.3 is 0 Å². The predicted octanol–water partition coefficient (Wildman–Crippen LogP) is 2.02. The molecule has 0 saturated carbocycles. The Kier molecular flexibility index (Phi) is 4.32. The van der Waals surface area contributed by atoms with Crippen molar-refractivity contribution in [2.24, 2.45) is 0 Å². The van der Waals surface area contributed by atoms with Gasteiger partial charge in [0.2, 0.25) is 10.0 Å². The zero-order valence-corrected chi connectivity index (χ0v) is 11.9. The first kappa shape index (κ1) is 14.4. The number of ketones is 1. The van der Waals surface area contributed by atoms with Crippen LogP contribution in [0, 0.1) is 0 Å². The number of nitrogens with one attached hydrogen (secondary N) is 1. The number of carbonyl (C=O) groups is 1. The van der Waals surface area contributed by atoms with Gasteiger partial charge in [-0.1, -0.05) is 48.5 Å². The summed E-state index contributed by atoms with van der Waals surface area (Å²) in [5.41, 5.74) is 1.07. The van der Waals surface area contributed by atoms with Crippen molar-refractivity contribution in [3.8, 4) is 0 Å². The molecule has 0 spiro atoms. The van der Waals surface area contributed by atoms with Crippen molar-refractivity contribution in [3.63, 3.8) is 0 Å². The second kappa shape index (κ2) is 5.98. The van der Waals surface area contributed by atoms with Gasteiger partial charge in [-0.15, -0.1) is 0 Å². The lowest BCUT2D eigenvalue weighted by molar-refractivity contribution is 0.0992. The molecule has 2 rings (SSSR count). The molecule has 2 aromatic carbocycles. The van der Waals surface area contributed by atoms with Gasteiger partial charge in [-0.25, -0.2) is 13.1 Å². The molecule has 5 heteroatoms. The third-order valence-corrected chi connectivity index (χ3v) is 4.49. The van der Waals surface area contributed by atoms with Gasteiger partial charge in [-0.2, -0.15) is 0 Å². The van der Waals surface area contributed by atoms with Gasteiger partial charge in [0.05, 0.1) is 4.90 Å². The number of sulfonamides is 1. The minimum absolute atomic E-state index is 0.0566. The van der Waals surface area contributed by atoms with Gasteiger partial charge in [0.15, 0.2) is 5.78 Å². The number of hydrogen-bond donors (Lipinski definition) is 1. The maximum Gasteiger partial charge on any atom is 0.240 e. The van der Waals surface area contributed by atoms with Gasteiger partial charge in [0.1, 0.15) is 0 Å². The van der Waals surface area contributed by atoms with Crippen molar-refractivity contribution in [1.29, 1.82) is 0 Å². The molecule has 20 heavy (non-hydrogen) atoms. The molecular weight excluding hydrogens is 274 g/mol. The summed E-state index contributed by atoms with van der Waals surface area (Å²) in [6, 6.07) is 15.4. The molecular formula is C15H15NO3S. The van der Waals surface area contributed by atoms with Gasteiger partial charge in [0.25, 0.3) is 0 Å². The summed E-state index contributed by atoms with van der Waals surface area (Å²) in [5.74, 6) is -0.107. The highest BCUT2D eigenvalue weighted by Gasteiger charge is 2.18. The molecule has 0 bridgehead atoms. The molecule has 0 aliphatic rings. The Morgan fingerprint density at radius 2 is 1.60 bits per heavy atom. The number of carbonyl (C=O) groups excluding carboxylic acids is 1. The highest BCUT2D eigenvalue weighted by atomic mass is 32.2. The Morgan fingerprint density at radius 3 is 2.25 bits per heavy atom. The van der Waals surface area contributed by atoms with E-state index in [0.29, 0.717) is 11.1 Å². The zero-order valence-electron chi connectivity index (χ0n) is 11.0. The zero-order chi connectivity index (χ0) is 14.6. The Hall–Kier alpha value is -1.98. The molecule has 0 amide bonds. The standard InChI is InChI=1S/C15H15NO3S/c1-16-20(18,19)15-10-6-5-9-13(15)11-14(17)12-7-3-2-4-8-12/h2-10,16H,11H2,1H3. The SMILES string of the molecule is CNS(=O)(=O)c1ccccc1CC(=O)c1ccccc1. The van der Waals surface area contributed by atoms with Crippen molar-refractivity contribution < 1.29 is 13.2 Å². The second-order valence-electron chi connectivity index (χ2n) is 4.28. The fraction of sp³-hybridized carbons (Fsp3) is 0.133. The smallest absolute Gasteiger partial charge is 0.240 e. The lowest BCUT2D eigenvalue weighted by Gasteiger charge is -2.09. The van der Waals surface area contributed by atoms with Crippen LogP contribution in [-0.4, -0.2) is 21.2 Å². The number of hydrogen-bond acceptors (Lipinski definition) is 3. The van der Waals surface area contributed by atoms with Crippen LogP contribution in [0.1, 0.15) is 15.9 Å². The van der Waals surface area contributed by atoms with Gasteiger partial charge in [0, 0.05) is 12.0 Å². The Balaban J connectivity index is 2.34. The van der Waals surface area contributed by atoms with Crippen molar-refractivity contribution >= 4 is 15.8 Å². The summed E-state index contributed by atoms with van der Waals surface area (Å²) in [5, 5.41) is 0. The third kappa shape index (κ3) is 3.12. The molecule has 0 heterocycles. The molecule has 0 aliphatic heterocycles. The highest BCUT2D eigenvalue weighted by Crippen LogP contribution is 2.17. The van der Waals surface area contributed by atoms with Crippen LogP contribution >= 0.6 is 0 Å². The van der Waals surface area contributed by atoms with E-state index in [1.54, 1.807) is 42.5 Å². The molecule has 0 aromatic heterocycles. The maximum absolute atomic E-state index is 12.2. The topological polar surface area (TPSA) is 63.2 Å². The normalized spacial score (nSPS) is 11.2. The largest absolute Gasteiger partial charge is 0.294 e. The van der Waals surface area contributed by atoms with Gasteiger partial charge in [-0.05, 0) is 18.7 Å². The summed E-state index contributed by atoms with van der Waals surface area (Å²) < 4.78 is 26.1. The van der Waals surface area contributed by atoms with Crippen LogP contribution in [0.3, 0.4) is 0 Å². The monoisotopic (exact) mass is 289 g/mol. The van der Waals surface area contributed by atoms with E-state index in [1.165, 1.54) is 13.1 Å². The molecule has 4 nitrogen and oxygen atoms in total. The van der Waals surface area contributed by atoms with E-state index in [-0.39, 0.29) is 17.1 Å². The van der Waals surface area contributed by atoms with Crippen molar-refractivity contribution in [2.45, 2.75) is 11.3 Å². The van der Waals surface area contributed by atoms with E-state index in [9.17, 15) is 13.2 Å². The summed E-state index contributed by atoms with van der Waals surface area (Å²) in [6.07, 6.45) is 0.0566. The molecule has 0 aliphatic carbocycles. The Morgan fingerprint density at radius 1 is 1.00 bits per heavy atom. The fourth-order valence-corrected chi connectivity index (χ4v) is 2.88. The molecule has 2 aromatic rings. The van der Waals surface area contributed by atoms with Crippen molar-refractivity contribution in [3.05, 3.63) is 65.7 Å². The molecule has 0 radical (unpaired) electrons. The van der Waals surface area contributed by atoms with E-state index in [1.807, 2.05) is 6.07 Å². The average Bonchev–Trinajstić information content (AvgIpc) is 2.48. The quantitative estimate of drug-likeness (QED) is 0.857. The number of benzene rings is 2. The van der Waals surface area contributed by atoms with Gasteiger partial charge in [-0.3, -0.25) is 4.79 Å². The molecule has 0 saturated heterocycles. The van der Waals surface area contributed by atoms with E-state index >= 15 is 0 Å². The summed E-state index contributed by atoms with van der Waals surface area (Å²) >= 11 is 0. The van der Waals surface area contributed by atoms with Crippen LogP contribution in [-0.2, 0) is 16.4 Å². The predicted molar refractivity (Wildman–Crippen MR) is 77.2 cm³/mol. The van der Waals surface area contributed by atoms with Crippen LogP contribution in [0.4, 0.5) is 0 Å². The van der Waals surface area contributed by atoms with Crippen LogP contribution < -0.4 is 4.72 Å². The van der Waals surface area contributed by atoms with Crippen LogP contribution in [0.25, 0.3) is 0 Å².